The minimum Gasteiger partial charge on any atom is -0.438 e. The molecular formula is C17H12ClNO. The fourth-order valence-corrected chi connectivity index (χ4v) is 2.06. The number of pyridine rings is 1. The van der Waals surface area contributed by atoms with Gasteiger partial charge < -0.3 is 4.74 Å². The number of nitrogens with zero attached hydrogens (tertiary/aromatic N) is 1. The van der Waals surface area contributed by atoms with Crippen LogP contribution in [0.3, 0.4) is 0 Å². The zero-order chi connectivity index (χ0) is 13.8. The molecule has 0 saturated heterocycles. The monoisotopic (exact) mass is 281 g/mol. The molecule has 0 atom stereocenters. The van der Waals surface area contributed by atoms with E-state index >= 15 is 0 Å². The van der Waals surface area contributed by atoms with Crippen LogP contribution in [0.4, 0.5) is 0 Å². The van der Waals surface area contributed by atoms with Crippen LogP contribution >= 0.6 is 11.6 Å². The van der Waals surface area contributed by atoms with Gasteiger partial charge in [-0.1, -0.05) is 60.1 Å². The first-order valence-corrected chi connectivity index (χ1v) is 6.64. The van der Waals surface area contributed by atoms with Crippen molar-refractivity contribution in [3.63, 3.8) is 0 Å². The van der Waals surface area contributed by atoms with Crippen LogP contribution in [0.5, 0.6) is 11.6 Å². The first kappa shape index (κ1) is 12.7. The van der Waals surface area contributed by atoms with E-state index in [-0.39, 0.29) is 0 Å². The third-order valence-electron chi connectivity index (χ3n) is 2.89. The number of hydrogen-bond donors (Lipinski definition) is 0. The van der Waals surface area contributed by atoms with Crippen molar-refractivity contribution in [2.75, 3.05) is 0 Å². The highest BCUT2D eigenvalue weighted by Crippen LogP contribution is 2.32. The first-order valence-electron chi connectivity index (χ1n) is 6.27. The second kappa shape index (κ2) is 5.76. The maximum Gasteiger partial charge on any atom is 0.219 e. The van der Waals surface area contributed by atoms with Gasteiger partial charge in [0.05, 0.1) is 5.02 Å². The van der Waals surface area contributed by atoms with Crippen LogP contribution in [0.15, 0.2) is 72.9 Å². The molecule has 20 heavy (non-hydrogen) atoms. The van der Waals surface area contributed by atoms with Crippen molar-refractivity contribution < 1.29 is 4.74 Å². The molecule has 0 spiro atoms. The molecule has 1 aromatic heterocycles. The average molecular weight is 282 g/mol. The Morgan fingerprint density at radius 2 is 1.55 bits per heavy atom. The molecule has 0 amide bonds. The molecule has 1 heterocycles. The molecule has 98 valence electrons. The van der Waals surface area contributed by atoms with Gasteiger partial charge in [0.1, 0.15) is 5.75 Å². The third-order valence-corrected chi connectivity index (χ3v) is 3.11. The lowest BCUT2D eigenvalue weighted by Crippen LogP contribution is -1.90. The lowest BCUT2D eigenvalue weighted by atomic mass is 10.1. The zero-order valence-electron chi connectivity index (χ0n) is 10.7. The van der Waals surface area contributed by atoms with Crippen molar-refractivity contribution in [1.29, 1.82) is 0 Å². The van der Waals surface area contributed by atoms with E-state index < -0.39 is 0 Å². The Hall–Kier alpha value is -2.32. The molecule has 0 aliphatic rings. The highest BCUT2D eigenvalue weighted by Gasteiger charge is 2.06. The van der Waals surface area contributed by atoms with Gasteiger partial charge in [-0.2, -0.15) is 0 Å². The molecule has 3 heteroatoms. The Balaban J connectivity index is 1.96. The normalized spacial score (nSPS) is 10.2. The predicted molar refractivity (Wildman–Crippen MR) is 81.2 cm³/mol. The van der Waals surface area contributed by atoms with E-state index in [0.717, 1.165) is 16.9 Å². The van der Waals surface area contributed by atoms with Crippen molar-refractivity contribution in [2.24, 2.45) is 0 Å². The smallest absolute Gasteiger partial charge is 0.219 e. The van der Waals surface area contributed by atoms with Crippen LogP contribution in [0.1, 0.15) is 0 Å². The molecule has 0 N–H and O–H groups in total. The number of ether oxygens (including phenoxy) is 1. The van der Waals surface area contributed by atoms with Crippen LogP contribution in [0, 0.1) is 0 Å². The van der Waals surface area contributed by atoms with Gasteiger partial charge in [-0.25, -0.2) is 4.98 Å². The van der Waals surface area contributed by atoms with Crippen LogP contribution in [0.25, 0.3) is 11.1 Å². The topological polar surface area (TPSA) is 22.1 Å². The molecule has 0 bridgehead atoms. The Labute approximate surface area is 122 Å². The predicted octanol–water partition coefficient (Wildman–Crippen LogP) is 5.19. The van der Waals surface area contributed by atoms with Gasteiger partial charge in [0.2, 0.25) is 5.88 Å². The molecule has 3 aromatic rings. The van der Waals surface area contributed by atoms with E-state index in [9.17, 15) is 0 Å². The fourth-order valence-electron chi connectivity index (χ4n) is 1.95. The molecular weight excluding hydrogens is 270 g/mol. The molecule has 0 aliphatic heterocycles. The molecule has 0 fully saturated rings. The van der Waals surface area contributed by atoms with Gasteiger partial charge in [0, 0.05) is 17.8 Å². The van der Waals surface area contributed by atoms with Crippen LogP contribution in [-0.4, -0.2) is 4.98 Å². The van der Waals surface area contributed by atoms with Crippen LogP contribution in [0.2, 0.25) is 5.02 Å². The summed E-state index contributed by atoms with van der Waals surface area (Å²) in [5, 5.41) is 0.591. The lowest BCUT2D eigenvalue weighted by molar-refractivity contribution is 0.464. The number of halogens is 1. The Kier molecular flexibility index (Phi) is 3.66. The Morgan fingerprint density at radius 3 is 2.30 bits per heavy atom. The number of rotatable bonds is 3. The van der Waals surface area contributed by atoms with Crippen molar-refractivity contribution in [2.45, 2.75) is 0 Å². The van der Waals surface area contributed by atoms with E-state index in [2.05, 4.69) is 17.1 Å². The summed E-state index contributed by atoms with van der Waals surface area (Å²) in [5.74, 6) is 1.30. The largest absolute Gasteiger partial charge is 0.438 e. The highest BCUT2D eigenvalue weighted by atomic mass is 35.5. The summed E-state index contributed by atoms with van der Waals surface area (Å²) in [6.45, 7) is 0. The van der Waals surface area contributed by atoms with Gasteiger partial charge >= 0.3 is 0 Å². The van der Waals surface area contributed by atoms with Gasteiger partial charge in [0.25, 0.3) is 0 Å². The lowest BCUT2D eigenvalue weighted by Gasteiger charge is -2.10. The van der Waals surface area contributed by atoms with Crippen molar-refractivity contribution in [3.05, 3.63) is 77.9 Å². The second-order valence-electron chi connectivity index (χ2n) is 4.28. The molecule has 3 rings (SSSR count). The van der Waals surface area contributed by atoms with Crippen LogP contribution < -0.4 is 4.74 Å². The van der Waals surface area contributed by atoms with E-state index in [0.29, 0.717) is 10.9 Å². The highest BCUT2D eigenvalue weighted by molar-refractivity contribution is 6.30. The number of benzene rings is 2. The molecule has 0 saturated carbocycles. The van der Waals surface area contributed by atoms with E-state index in [1.807, 2.05) is 42.5 Å². The third kappa shape index (κ3) is 2.81. The summed E-state index contributed by atoms with van der Waals surface area (Å²) in [4.78, 5) is 4.15. The van der Waals surface area contributed by atoms with E-state index in [1.165, 1.54) is 0 Å². The fraction of sp³-hybridized carbons (Fsp3) is 0. The minimum atomic E-state index is 0.526. The number of aromatic nitrogens is 1. The maximum atomic E-state index is 5.85. The van der Waals surface area contributed by atoms with Gasteiger partial charge in [0.15, 0.2) is 0 Å². The first-order chi connectivity index (χ1) is 9.83. The van der Waals surface area contributed by atoms with Crippen molar-refractivity contribution in [3.8, 4) is 22.8 Å². The molecule has 0 unspecified atom stereocenters. The molecule has 0 radical (unpaired) electrons. The van der Waals surface area contributed by atoms with E-state index in [4.69, 9.17) is 16.3 Å². The van der Waals surface area contributed by atoms with E-state index in [1.54, 1.807) is 18.3 Å². The standard InChI is InChI=1S/C17H12ClNO/c18-14-10-11-17(19-12-14)20-16-9-5-4-8-15(16)13-6-2-1-3-7-13/h1-12H. The summed E-state index contributed by atoms with van der Waals surface area (Å²) in [5.41, 5.74) is 2.14. The second-order valence-corrected chi connectivity index (χ2v) is 4.72. The Bertz CT molecular complexity index is 696. The number of hydrogen-bond acceptors (Lipinski definition) is 2. The average Bonchev–Trinajstić information content (AvgIpc) is 2.51. The van der Waals surface area contributed by atoms with Crippen molar-refractivity contribution in [1.82, 2.24) is 4.98 Å². The van der Waals surface area contributed by atoms with Crippen molar-refractivity contribution >= 4 is 11.6 Å². The molecule has 0 aliphatic carbocycles. The summed E-state index contributed by atoms with van der Waals surface area (Å²) in [6.07, 6.45) is 1.57. The van der Waals surface area contributed by atoms with Gasteiger partial charge in [-0.3, -0.25) is 0 Å². The SMILES string of the molecule is Clc1ccc(Oc2ccccc2-c2ccccc2)nc1. The summed E-state index contributed by atoms with van der Waals surface area (Å²) in [6, 6.07) is 21.5. The molecule has 2 aromatic carbocycles. The minimum absolute atomic E-state index is 0.526. The quantitative estimate of drug-likeness (QED) is 0.659. The number of para-hydroxylation sites is 1. The van der Waals surface area contributed by atoms with Crippen LogP contribution in [-0.2, 0) is 0 Å². The Morgan fingerprint density at radius 1 is 0.800 bits per heavy atom. The maximum absolute atomic E-state index is 5.85. The van der Waals surface area contributed by atoms with Gasteiger partial charge in [-0.05, 0) is 17.7 Å². The molecule has 2 nitrogen and oxygen atoms in total. The summed E-state index contributed by atoms with van der Waals surface area (Å²) >= 11 is 5.82. The van der Waals surface area contributed by atoms with Gasteiger partial charge in [-0.15, -0.1) is 0 Å². The summed E-state index contributed by atoms with van der Waals surface area (Å²) in [7, 11) is 0. The zero-order valence-corrected chi connectivity index (χ0v) is 11.4. The summed E-state index contributed by atoms with van der Waals surface area (Å²) < 4.78 is 5.85.